The van der Waals surface area contributed by atoms with Crippen molar-refractivity contribution in [1.82, 2.24) is 20.2 Å². The molecule has 1 saturated heterocycles. The zero-order valence-electron chi connectivity index (χ0n) is 17.0. The van der Waals surface area contributed by atoms with Gasteiger partial charge in [-0.1, -0.05) is 37.0 Å². The molecule has 1 fully saturated rings. The molecule has 9 heteroatoms. The van der Waals surface area contributed by atoms with Crippen molar-refractivity contribution < 1.29 is 9.59 Å². The maximum Gasteiger partial charge on any atom is 0.253 e. The lowest BCUT2D eigenvalue weighted by molar-refractivity contribution is -0.134. The van der Waals surface area contributed by atoms with Gasteiger partial charge in [-0.25, -0.2) is 9.97 Å². The van der Waals surface area contributed by atoms with Crippen molar-refractivity contribution in [2.45, 2.75) is 26.3 Å². The van der Waals surface area contributed by atoms with E-state index in [1.54, 1.807) is 35.5 Å². The summed E-state index contributed by atoms with van der Waals surface area (Å²) in [5.41, 5.74) is 0.300. The van der Waals surface area contributed by atoms with Gasteiger partial charge >= 0.3 is 0 Å². The molecule has 1 aromatic heterocycles. The van der Waals surface area contributed by atoms with Gasteiger partial charge in [-0.2, -0.15) is 0 Å². The number of nitrogens with one attached hydrogen (secondary N) is 1. The molecule has 2 aromatic rings. The van der Waals surface area contributed by atoms with Crippen molar-refractivity contribution in [3.63, 3.8) is 0 Å². The number of amides is 2. The fourth-order valence-electron chi connectivity index (χ4n) is 3.40. The van der Waals surface area contributed by atoms with Crippen molar-refractivity contribution in [2.24, 2.45) is 5.92 Å². The van der Waals surface area contributed by atoms with E-state index in [0.717, 1.165) is 0 Å². The number of halogens is 2. The number of rotatable bonds is 6. The van der Waals surface area contributed by atoms with Gasteiger partial charge in [0.15, 0.2) is 0 Å². The Balaban J connectivity index is 1.66. The van der Waals surface area contributed by atoms with Crippen LogP contribution in [0.3, 0.4) is 0 Å². The maximum absolute atomic E-state index is 13.2. The molecule has 0 bridgehead atoms. The Hall–Kier alpha value is -2.38. The minimum atomic E-state index is -0.622. The molecule has 30 heavy (non-hydrogen) atoms. The van der Waals surface area contributed by atoms with Gasteiger partial charge in [0.2, 0.25) is 11.9 Å². The quantitative estimate of drug-likeness (QED) is 0.731. The molecule has 1 unspecified atom stereocenters. The Morgan fingerprint density at radius 2 is 1.77 bits per heavy atom. The average molecular weight is 450 g/mol. The third-order valence-corrected chi connectivity index (χ3v) is 5.46. The summed E-state index contributed by atoms with van der Waals surface area (Å²) in [6.45, 7) is 6.41. The van der Waals surface area contributed by atoms with Gasteiger partial charge in [-0.05, 0) is 36.6 Å². The summed E-state index contributed by atoms with van der Waals surface area (Å²) in [7, 11) is 0. The highest BCUT2D eigenvalue weighted by Gasteiger charge is 2.30. The fraction of sp³-hybridized carbons (Fsp3) is 0.429. The van der Waals surface area contributed by atoms with E-state index >= 15 is 0 Å². The van der Waals surface area contributed by atoms with Crippen LogP contribution in [-0.2, 0) is 4.79 Å². The van der Waals surface area contributed by atoms with Crippen LogP contribution in [0.5, 0.6) is 0 Å². The molecule has 1 aromatic carbocycles. The second-order valence-electron chi connectivity index (χ2n) is 7.64. The molecule has 0 radical (unpaired) electrons. The summed E-state index contributed by atoms with van der Waals surface area (Å²) >= 11 is 12.1. The van der Waals surface area contributed by atoms with E-state index in [4.69, 9.17) is 23.2 Å². The number of nitrogens with zero attached hydrogens (tertiary/aromatic N) is 4. The van der Waals surface area contributed by atoms with Crippen molar-refractivity contribution >= 4 is 41.0 Å². The van der Waals surface area contributed by atoms with Gasteiger partial charge in [0, 0.05) is 43.6 Å². The van der Waals surface area contributed by atoms with E-state index in [-0.39, 0.29) is 22.8 Å². The molecule has 0 spiro atoms. The lowest BCUT2D eigenvalue weighted by Crippen LogP contribution is -2.55. The normalized spacial score (nSPS) is 15.2. The first-order valence-corrected chi connectivity index (χ1v) is 10.7. The summed E-state index contributed by atoms with van der Waals surface area (Å²) in [4.78, 5) is 38.3. The Kier molecular flexibility index (Phi) is 7.50. The Morgan fingerprint density at radius 3 is 2.37 bits per heavy atom. The van der Waals surface area contributed by atoms with Crippen LogP contribution in [0.1, 0.15) is 30.6 Å². The third-order valence-electron chi connectivity index (χ3n) is 4.91. The van der Waals surface area contributed by atoms with Gasteiger partial charge < -0.3 is 15.1 Å². The molecular formula is C21H25Cl2N5O2. The second kappa shape index (κ2) is 10.1. The monoisotopic (exact) mass is 449 g/mol. The number of hydrogen-bond acceptors (Lipinski definition) is 5. The van der Waals surface area contributed by atoms with E-state index in [1.165, 1.54) is 6.07 Å². The minimum Gasteiger partial charge on any atom is -0.340 e. The molecule has 1 atom stereocenters. The number of aromatic nitrogens is 2. The number of carbonyl (C=O) groups is 2. The molecule has 0 aliphatic carbocycles. The van der Waals surface area contributed by atoms with E-state index in [1.807, 2.05) is 18.7 Å². The number of anilines is 1. The first-order valence-electron chi connectivity index (χ1n) is 9.92. The standard InChI is InChI=1S/C21H25Cl2N5O2/c1-14(2)12-18(26-19(29)16-5-4-15(22)13-17(16)23)20(30)27-8-10-28(11-9-27)21-24-6-3-7-25-21/h3-7,13-14,18H,8-12H2,1-2H3,(H,26,29). The SMILES string of the molecule is CC(C)CC(NC(=O)c1ccc(Cl)cc1Cl)C(=O)N1CCN(c2ncccn2)CC1. The van der Waals surface area contributed by atoms with Crippen LogP contribution < -0.4 is 10.2 Å². The Morgan fingerprint density at radius 1 is 1.10 bits per heavy atom. The maximum atomic E-state index is 13.2. The zero-order valence-corrected chi connectivity index (χ0v) is 18.5. The first kappa shape index (κ1) is 22.3. The van der Waals surface area contributed by atoms with E-state index in [0.29, 0.717) is 49.1 Å². The smallest absolute Gasteiger partial charge is 0.253 e. The molecule has 1 N–H and O–H groups in total. The topological polar surface area (TPSA) is 78.4 Å². The number of piperazine rings is 1. The third kappa shape index (κ3) is 5.61. The molecule has 3 rings (SSSR count). The lowest BCUT2D eigenvalue weighted by Gasteiger charge is -2.36. The number of hydrogen-bond donors (Lipinski definition) is 1. The Labute approximate surface area is 186 Å². The second-order valence-corrected chi connectivity index (χ2v) is 8.48. The molecule has 160 valence electrons. The summed E-state index contributed by atoms with van der Waals surface area (Å²) < 4.78 is 0. The highest BCUT2D eigenvalue weighted by molar-refractivity contribution is 6.36. The van der Waals surface area contributed by atoms with Gasteiger partial charge in [-0.3, -0.25) is 9.59 Å². The van der Waals surface area contributed by atoms with E-state index in [9.17, 15) is 9.59 Å². The van der Waals surface area contributed by atoms with Crippen molar-refractivity contribution in [1.29, 1.82) is 0 Å². The van der Waals surface area contributed by atoms with Crippen molar-refractivity contribution in [2.75, 3.05) is 31.1 Å². The van der Waals surface area contributed by atoms with Gasteiger partial charge in [0.25, 0.3) is 5.91 Å². The van der Waals surface area contributed by atoms with Gasteiger partial charge in [0.1, 0.15) is 6.04 Å². The van der Waals surface area contributed by atoms with E-state index < -0.39 is 6.04 Å². The average Bonchev–Trinajstić information content (AvgIpc) is 2.73. The fourth-order valence-corrected chi connectivity index (χ4v) is 3.90. The molecule has 7 nitrogen and oxygen atoms in total. The van der Waals surface area contributed by atoms with E-state index in [2.05, 4.69) is 15.3 Å². The summed E-state index contributed by atoms with van der Waals surface area (Å²) in [6.07, 6.45) is 3.95. The highest BCUT2D eigenvalue weighted by atomic mass is 35.5. The minimum absolute atomic E-state index is 0.0873. The van der Waals surface area contributed by atoms with Crippen LogP contribution in [0.25, 0.3) is 0 Å². The van der Waals surface area contributed by atoms with Crippen LogP contribution in [0.15, 0.2) is 36.7 Å². The molecular weight excluding hydrogens is 425 g/mol. The van der Waals surface area contributed by atoms with Crippen molar-refractivity contribution in [3.8, 4) is 0 Å². The number of carbonyl (C=O) groups excluding carboxylic acids is 2. The molecule has 2 amide bonds. The summed E-state index contributed by atoms with van der Waals surface area (Å²) in [5.74, 6) is 0.427. The summed E-state index contributed by atoms with van der Waals surface area (Å²) in [6, 6.07) is 5.84. The van der Waals surface area contributed by atoms with Crippen molar-refractivity contribution in [3.05, 3.63) is 52.3 Å². The largest absolute Gasteiger partial charge is 0.340 e. The molecule has 1 aliphatic heterocycles. The van der Waals surface area contributed by atoms with Crippen LogP contribution in [0, 0.1) is 5.92 Å². The number of benzene rings is 1. The predicted molar refractivity (Wildman–Crippen MR) is 118 cm³/mol. The molecule has 0 saturated carbocycles. The van der Waals surface area contributed by atoms with Crippen LogP contribution in [0.4, 0.5) is 5.95 Å². The molecule has 1 aliphatic rings. The lowest BCUT2D eigenvalue weighted by atomic mass is 10.0. The Bertz CT molecular complexity index is 886. The van der Waals surface area contributed by atoms with Gasteiger partial charge in [-0.15, -0.1) is 0 Å². The molecule has 2 heterocycles. The van der Waals surface area contributed by atoms with Gasteiger partial charge in [0.05, 0.1) is 10.6 Å². The van der Waals surface area contributed by atoms with Crippen LogP contribution in [0.2, 0.25) is 10.0 Å². The highest BCUT2D eigenvalue weighted by Crippen LogP contribution is 2.21. The zero-order chi connectivity index (χ0) is 21.7. The first-order chi connectivity index (χ1) is 14.3. The predicted octanol–water partition coefficient (Wildman–Crippen LogP) is 3.28. The van der Waals surface area contributed by atoms with Crippen LogP contribution >= 0.6 is 23.2 Å². The van der Waals surface area contributed by atoms with Crippen LogP contribution in [-0.4, -0.2) is 58.9 Å². The summed E-state index contributed by atoms with van der Waals surface area (Å²) in [5, 5.41) is 3.58.